The molecule has 1 unspecified atom stereocenters. The molecular weight excluding hydrogens is 260 g/mol. The predicted octanol–water partition coefficient (Wildman–Crippen LogP) is 4.52. The van der Waals surface area contributed by atoms with E-state index in [9.17, 15) is 10.2 Å². The Labute approximate surface area is 126 Å². The van der Waals surface area contributed by atoms with E-state index < -0.39 is 6.10 Å². The van der Waals surface area contributed by atoms with Crippen LogP contribution in [0.5, 0.6) is 5.75 Å². The van der Waals surface area contributed by atoms with Gasteiger partial charge >= 0.3 is 0 Å². The zero-order valence-corrected chi connectivity index (χ0v) is 12.2. The van der Waals surface area contributed by atoms with Crippen LogP contribution in [-0.4, -0.2) is 10.2 Å². The smallest absolute Gasteiger partial charge is 0.119 e. The van der Waals surface area contributed by atoms with Gasteiger partial charge in [-0.3, -0.25) is 0 Å². The number of aliphatic hydroxyl groups is 1. The lowest BCUT2D eigenvalue weighted by molar-refractivity contribution is 0.217. The van der Waals surface area contributed by atoms with E-state index in [-0.39, 0.29) is 0 Å². The fourth-order valence-electron chi connectivity index (χ4n) is 3.46. The van der Waals surface area contributed by atoms with Crippen LogP contribution in [0.2, 0.25) is 0 Å². The minimum atomic E-state index is -0.671. The van der Waals surface area contributed by atoms with Crippen molar-refractivity contribution in [1.29, 1.82) is 0 Å². The van der Waals surface area contributed by atoms with Gasteiger partial charge in [-0.2, -0.15) is 0 Å². The molecule has 2 aromatic carbocycles. The van der Waals surface area contributed by atoms with E-state index in [0.29, 0.717) is 11.7 Å². The second kappa shape index (κ2) is 6.31. The quantitative estimate of drug-likeness (QED) is 0.868. The highest BCUT2D eigenvalue weighted by atomic mass is 16.3. The monoisotopic (exact) mass is 282 g/mol. The highest BCUT2D eigenvalue weighted by Gasteiger charge is 2.24. The van der Waals surface area contributed by atoms with Crippen LogP contribution in [0.1, 0.15) is 60.8 Å². The fraction of sp³-hybridized carbons (Fsp3) is 0.368. The molecule has 3 rings (SSSR count). The largest absolute Gasteiger partial charge is 0.508 e. The molecular formula is C19H22O2. The molecule has 1 saturated carbocycles. The van der Waals surface area contributed by atoms with Crippen molar-refractivity contribution in [3.63, 3.8) is 0 Å². The van der Waals surface area contributed by atoms with Gasteiger partial charge in [-0.05, 0) is 36.0 Å². The summed E-state index contributed by atoms with van der Waals surface area (Å²) in [5.74, 6) is 0.697. The van der Waals surface area contributed by atoms with E-state index in [0.717, 1.165) is 29.5 Å². The highest BCUT2D eigenvalue weighted by molar-refractivity contribution is 5.46. The number of aromatic hydroxyl groups is 1. The van der Waals surface area contributed by atoms with E-state index in [1.807, 2.05) is 42.5 Å². The molecule has 110 valence electrons. The lowest BCUT2D eigenvalue weighted by Gasteiger charge is -2.27. The zero-order valence-electron chi connectivity index (χ0n) is 12.2. The maximum Gasteiger partial charge on any atom is 0.119 e. The minimum Gasteiger partial charge on any atom is -0.508 e. The second-order valence-corrected chi connectivity index (χ2v) is 5.93. The van der Waals surface area contributed by atoms with Gasteiger partial charge in [0.05, 0.1) is 0 Å². The molecule has 0 amide bonds. The molecule has 0 bridgehead atoms. The van der Waals surface area contributed by atoms with Crippen molar-refractivity contribution < 1.29 is 10.2 Å². The van der Waals surface area contributed by atoms with E-state index in [1.165, 1.54) is 19.3 Å². The van der Waals surface area contributed by atoms with Gasteiger partial charge in [0, 0.05) is 5.56 Å². The number of rotatable bonds is 3. The van der Waals surface area contributed by atoms with Gasteiger partial charge in [0.2, 0.25) is 0 Å². The van der Waals surface area contributed by atoms with E-state index in [2.05, 4.69) is 0 Å². The number of benzene rings is 2. The van der Waals surface area contributed by atoms with Gasteiger partial charge in [0.1, 0.15) is 11.9 Å². The first-order valence-corrected chi connectivity index (χ1v) is 7.82. The lowest BCUT2D eigenvalue weighted by atomic mass is 9.80. The van der Waals surface area contributed by atoms with Crippen molar-refractivity contribution in [3.05, 3.63) is 65.2 Å². The first-order valence-electron chi connectivity index (χ1n) is 7.82. The van der Waals surface area contributed by atoms with Crippen molar-refractivity contribution in [1.82, 2.24) is 0 Å². The maximum atomic E-state index is 10.7. The second-order valence-electron chi connectivity index (χ2n) is 5.93. The van der Waals surface area contributed by atoms with Crippen molar-refractivity contribution in [2.24, 2.45) is 0 Å². The van der Waals surface area contributed by atoms with Gasteiger partial charge in [-0.25, -0.2) is 0 Å². The Morgan fingerprint density at radius 3 is 2.29 bits per heavy atom. The Morgan fingerprint density at radius 2 is 1.57 bits per heavy atom. The molecule has 1 atom stereocenters. The molecule has 0 saturated heterocycles. The predicted molar refractivity (Wildman–Crippen MR) is 84.4 cm³/mol. The molecule has 0 heterocycles. The number of hydrogen-bond donors (Lipinski definition) is 2. The first-order chi connectivity index (χ1) is 10.3. The summed E-state index contributed by atoms with van der Waals surface area (Å²) in [5.41, 5.74) is 2.68. The Hall–Kier alpha value is -1.80. The van der Waals surface area contributed by atoms with Crippen LogP contribution in [0.3, 0.4) is 0 Å². The minimum absolute atomic E-state index is 0.328. The van der Waals surface area contributed by atoms with Gasteiger partial charge in [0.25, 0.3) is 0 Å². The summed E-state index contributed by atoms with van der Waals surface area (Å²) < 4.78 is 0. The van der Waals surface area contributed by atoms with E-state index >= 15 is 0 Å². The third-order valence-electron chi connectivity index (χ3n) is 4.54. The van der Waals surface area contributed by atoms with Crippen LogP contribution in [-0.2, 0) is 0 Å². The summed E-state index contributed by atoms with van der Waals surface area (Å²) >= 11 is 0. The number of aliphatic hydroxyl groups excluding tert-OH is 1. The van der Waals surface area contributed by atoms with Crippen LogP contribution >= 0.6 is 0 Å². The summed E-state index contributed by atoms with van der Waals surface area (Å²) in [7, 11) is 0. The van der Waals surface area contributed by atoms with Crippen LogP contribution < -0.4 is 0 Å². The van der Waals surface area contributed by atoms with E-state index in [4.69, 9.17) is 0 Å². The van der Waals surface area contributed by atoms with Gasteiger partial charge in [0.15, 0.2) is 0 Å². The molecule has 0 radical (unpaired) electrons. The Morgan fingerprint density at radius 1 is 0.857 bits per heavy atom. The number of hydrogen-bond acceptors (Lipinski definition) is 2. The highest BCUT2D eigenvalue weighted by Crippen LogP contribution is 2.41. The molecule has 1 aliphatic carbocycles. The van der Waals surface area contributed by atoms with Gasteiger partial charge in [-0.1, -0.05) is 61.7 Å². The normalized spacial score (nSPS) is 17.6. The molecule has 0 spiro atoms. The van der Waals surface area contributed by atoms with Crippen molar-refractivity contribution >= 4 is 0 Å². The number of phenols is 1. The Kier molecular flexibility index (Phi) is 4.26. The molecule has 1 aliphatic rings. The molecule has 2 N–H and O–H groups in total. The Bertz CT molecular complexity index is 586. The standard InChI is InChI=1S/C19H22O2/c20-17-13-7-12-16(18(17)14-8-3-1-4-9-14)19(21)15-10-5-2-6-11-15/h2,5-7,10-14,19-21H,1,3-4,8-9H2. The summed E-state index contributed by atoms with van der Waals surface area (Å²) in [5, 5.41) is 21.0. The Balaban J connectivity index is 2.00. The van der Waals surface area contributed by atoms with Crippen molar-refractivity contribution in [2.45, 2.75) is 44.1 Å². The van der Waals surface area contributed by atoms with Gasteiger partial charge in [-0.15, -0.1) is 0 Å². The van der Waals surface area contributed by atoms with Crippen molar-refractivity contribution in [3.8, 4) is 5.75 Å². The zero-order chi connectivity index (χ0) is 14.7. The maximum absolute atomic E-state index is 10.7. The first kappa shape index (κ1) is 14.2. The van der Waals surface area contributed by atoms with E-state index in [1.54, 1.807) is 6.07 Å². The molecule has 2 aromatic rings. The lowest BCUT2D eigenvalue weighted by Crippen LogP contribution is -2.11. The van der Waals surface area contributed by atoms with Crippen LogP contribution in [0.25, 0.3) is 0 Å². The third kappa shape index (κ3) is 2.96. The average Bonchev–Trinajstić information content (AvgIpc) is 2.55. The summed E-state index contributed by atoms with van der Waals surface area (Å²) in [6.07, 6.45) is 5.23. The molecule has 0 aliphatic heterocycles. The van der Waals surface area contributed by atoms with Crippen LogP contribution in [0, 0.1) is 0 Å². The van der Waals surface area contributed by atoms with Gasteiger partial charge < -0.3 is 10.2 Å². The van der Waals surface area contributed by atoms with Crippen LogP contribution in [0.15, 0.2) is 48.5 Å². The number of phenolic OH excluding ortho intramolecular Hbond substituents is 1. The summed E-state index contributed by atoms with van der Waals surface area (Å²) in [6.45, 7) is 0. The molecule has 1 fully saturated rings. The fourth-order valence-corrected chi connectivity index (χ4v) is 3.46. The average molecular weight is 282 g/mol. The summed E-state index contributed by atoms with van der Waals surface area (Å²) in [6, 6.07) is 15.2. The topological polar surface area (TPSA) is 40.5 Å². The van der Waals surface area contributed by atoms with Crippen molar-refractivity contribution in [2.75, 3.05) is 0 Å². The van der Waals surface area contributed by atoms with Crippen LogP contribution in [0.4, 0.5) is 0 Å². The SMILES string of the molecule is Oc1cccc(C(O)c2ccccc2)c1C1CCCCC1. The molecule has 0 aromatic heterocycles. The third-order valence-corrected chi connectivity index (χ3v) is 4.54. The molecule has 2 nitrogen and oxygen atoms in total. The summed E-state index contributed by atoms with van der Waals surface area (Å²) in [4.78, 5) is 0. The molecule has 2 heteroatoms. The molecule has 21 heavy (non-hydrogen) atoms.